The number of nitrogens with one attached hydrogen (secondary N) is 1. The van der Waals surface area contributed by atoms with Crippen molar-refractivity contribution in [2.24, 2.45) is 0 Å². The number of carbonyl (C=O) groups is 1. The minimum atomic E-state index is -0.286. The van der Waals surface area contributed by atoms with Crippen LogP contribution in [0.4, 0.5) is 10.1 Å². The first kappa shape index (κ1) is 17.2. The molecule has 25 heavy (non-hydrogen) atoms. The third-order valence-corrected chi connectivity index (χ3v) is 4.67. The number of thioether (sulfide) groups is 1. The molecule has 0 bridgehead atoms. The maximum Gasteiger partial charge on any atom is 0.234 e. The number of nitrogens with zero attached hydrogens (tertiary/aromatic N) is 2. The lowest BCUT2D eigenvalue weighted by atomic mass is 10.1. The highest BCUT2D eigenvalue weighted by atomic mass is 32.2. The molecule has 0 aliphatic rings. The van der Waals surface area contributed by atoms with Crippen molar-refractivity contribution >= 4 is 23.4 Å². The molecule has 2 aromatic carbocycles. The molecule has 3 rings (SSSR count). The fraction of sp³-hybridized carbons (Fsp3) is 0.158. The summed E-state index contributed by atoms with van der Waals surface area (Å²) in [7, 11) is 0. The molecule has 0 saturated carbocycles. The van der Waals surface area contributed by atoms with Gasteiger partial charge in [-0.3, -0.25) is 9.36 Å². The van der Waals surface area contributed by atoms with Crippen LogP contribution in [0, 0.1) is 19.7 Å². The van der Waals surface area contributed by atoms with Gasteiger partial charge in [-0.2, -0.15) is 0 Å². The summed E-state index contributed by atoms with van der Waals surface area (Å²) in [5.41, 5.74) is 3.81. The van der Waals surface area contributed by atoms with Crippen molar-refractivity contribution in [2.45, 2.75) is 19.0 Å². The Bertz CT molecular complexity index is 890. The fourth-order valence-electron chi connectivity index (χ4n) is 2.46. The van der Waals surface area contributed by atoms with Crippen LogP contribution in [0.1, 0.15) is 11.1 Å². The zero-order valence-corrected chi connectivity index (χ0v) is 14.8. The molecule has 0 saturated heterocycles. The SMILES string of the molecule is Cc1ccc(NC(=O)CSc2nccn2-c2ccc(F)cc2)c(C)c1. The number of carbonyl (C=O) groups excluding carboxylic acids is 1. The first-order valence-electron chi connectivity index (χ1n) is 7.82. The van der Waals surface area contributed by atoms with Gasteiger partial charge in [0.05, 0.1) is 5.75 Å². The molecule has 0 radical (unpaired) electrons. The van der Waals surface area contributed by atoms with E-state index in [1.165, 1.54) is 23.9 Å². The Morgan fingerprint density at radius 3 is 2.68 bits per heavy atom. The van der Waals surface area contributed by atoms with Gasteiger partial charge in [0, 0.05) is 23.8 Å². The van der Waals surface area contributed by atoms with Crippen molar-refractivity contribution in [1.29, 1.82) is 0 Å². The molecule has 0 atom stereocenters. The van der Waals surface area contributed by atoms with Crippen LogP contribution in [0.5, 0.6) is 0 Å². The average molecular weight is 355 g/mol. The zero-order chi connectivity index (χ0) is 17.8. The number of imidazole rings is 1. The highest BCUT2D eigenvalue weighted by Crippen LogP contribution is 2.22. The van der Waals surface area contributed by atoms with Gasteiger partial charge in [-0.25, -0.2) is 9.37 Å². The predicted octanol–water partition coefficient (Wildman–Crippen LogP) is 4.36. The normalized spacial score (nSPS) is 10.7. The lowest BCUT2D eigenvalue weighted by Crippen LogP contribution is -2.15. The molecule has 4 nitrogen and oxygen atoms in total. The van der Waals surface area contributed by atoms with E-state index in [0.717, 1.165) is 22.5 Å². The Kier molecular flexibility index (Phi) is 5.19. The third-order valence-electron chi connectivity index (χ3n) is 3.70. The minimum absolute atomic E-state index is 0.0920. The standard InChI is InChI=1S/C19H18FN3OS/c1-13-3-8-17(14(2)11-13)22-18(24)12-25-19-21-9-10-23(19)16-6-4-15(20)5-7-16/h3-11H,12H2,1-2H3,(H,22,24). The van der Waals surface area contributed by atoms with E-state index in [9.17, 15) is 9.18 Å². The Hall–Kier alpha value is -2.60. The van der Waals surface area contributed by atoms with Gasteiger partial charge in [-0.05, 0) is 49.7 Å². The Balaban J connectivity index is 1.65. The number of hydrogen-bond donors (Lipinski definition) is 1. The van der Waals surface area contributed by atoms with Gasteiger partial charge in [-0.15, -0.1) is 0 Å². The van der Waals surface area contributed by atoms with Crippen LogP contribution < -0.4 is 5.32 Å². The van der Waals surface area contributed by atoms with E-state index in [0.29, 0.717) is 5.16 Å². The number of rotatable bonds is 5. The number of halogens is 1. The van der Waals surface area contributed by atoms with Crippen molar-refractivity contribution in [2.75, 3.05) is 11.1 Å². The Morgan fingerprint density at radius 2 is 1.96 bits per heavy atom. The summed E-state index contributed by atoms with van der Waals surface area (Å²) < 4.78 is 14.9. The van der Waals surface area contributed by atoms with Crippen molar-refractivity contribution in [3.8, 4) is 5.69 Å². The predicted molar refractivity (Wildman–Crippen MR) is 98.8 cm³/mol. The van der Waals surface area contributed by atoms with Crippen LogP contribution in [0.15, 0.2) is 60.0 Å². The third kappa shape index (κ3) is 4.28. The van der Waals surface area contributed by atoms with E-state index < -0.39 is 0 Å². The van der Waals surface area contributed by atoms with Gasteiger partial charge in [-0.1, -0.05) is 29.5 Å². The summed E-state index contributed by atoms with van der Waals surface area (Å²) in [5, 5.41) is 3.60. The summed E-state index contributed by atoms with van der Waals surface area (Å²) in [5.74, 6) is -0.137. The summed E-state index contributed by atoms with van der Waals surface area (Å²) in [6.45, 7) is 3.99. The second-order valence-corrected chi connectivity index (χ2v) is 6.65. The van der Waals surface area contributed by atoms with Crippen molar-refractivity contribution in [3.63, 3.8) is 0 Å². The fourth-order valence-corrected chi connectivity index (χ4v) is 3.24. The second kappa shape index (κ2) is 7.53. The number of aromatic nitrogens is 2. The van der Waals surface area contributed by atoms with Crippen molar-refractivity contribution in [1.82, 2.24) is 9.55 Å². The van der Waals surface area contributed by atoms with Crippen LogP contribution in [-0.4, -0.2) is 21.2 Å². The number of aryl methyl sites for hydroxylation is 2. The average Bonchev–Trinajstić information content (AvgIpc) is 3.05. The molecule has 128 valence electrons. The molecular weight excluding hydrogens is 337 g/mol. The number of benzene rings is 2. The molecule has 0 fully saturated rings. The molecule has 0 aliphatic carbocycles. The first-order chi connectivity index (χ1) is 12.0. The van der Waals surface area contributed by atoms with Gasteiger partial charge in [0.15, 0.2) is 5.16 Å². The van der Waals surface area contributed by atoms with Crippen LogP contribution in [0.25, 0.3) is 5.69 Å². The molecule has 1 amide bonds. The number of amides is 1. The highest BCUT2D eigenvalue weighted by molar-refractivity contribution is 7.99. The van der Waals surface area contributed by atoms with E-state index in [4.69, 9.17) is 0 Å². The maximum atomic E-state index is 13.1. The molecule has 6 heteroatoms. The van der Waals surface area contributed by atoms with E-state index in [1.54, 1.807) is 24.5 Å². The van der Waals surface area contributed by atoms with E-state index in [2.05, 4.69) is 10.3 Å². The monoisotopic (exact) mass is 355 g/mol. The smallest absolute Gasteiger partial charge is 0.234 e. The molecule has 1 N–H and O–H groups in total. The van der Waals surface area contributed by atoms with E-state index >= 15 is 0 Å². The topological polar surface area (TPSA) is 46.9 Å². The van der Waals surface area contributed by atoms with Gasteiger partial charge < -0.3 is 5.32 Å². The van der Waals surface area contributed by atoms with Crippen molar-refractivity contribution < 1.29 is 9.18 Å². The Morgan fingerprint density at radius 1 is 1.20 bits per heavy atom. The molecule has 1 aromatic heterocycles. The lowest BCUT2D eigenvalue weighted by molar-refractivity contribution is -0.113. The number of anilines is 1. The van der Waals surface area contributed by atoms with Crippen LogP contribution in [0.3, 0.4) is 0 Å². The highest BCUT2D eigenvalue weighted by Gasteiger charge is 2.10. The molecule has 1 heterocycles. The Labute approximate surface area is 150 Å². The van der Waals surface area contributed by atoms with E-state index in [1.807, 2.05) is 36.6 Å². The van der Waals surface area contributed by atoms with Gasteiger partial charge >= 0.3 is 0 Å². The van der Waals surface area contributed by atoms with E-state index in [-0.39, 0.29) is 17.5 Å². The lowest BCUT2D eigenvalue weighted by Gasteiger charge is -2.10. The second-order valence-electron chi connectivity index (χ2n) is 5.71. The molecule has 0 spiro atoms. The van der Waals surface area contributed by atoms with Gasteiger partial charge in [0.1, 0.15) is 5.82 Å². The van der Waals surface area contributed by atoms with Crippen LogP contribution >= 0.6 is 11.8 Å². The zero-order valence-electron chi connectivity index (χ0n) is 14.0. The maximum absolute atomic E-state index is 13.1. The van der Waals surface area contributed by atoms with Gasteiger partial charge in [0.2, 0.25) is 5.91 Å². The summed E-state index contributed by atoms with van der Waals surface area (Å²) >= 11 is 1.34. The molecular formula is C19H18FN3OS. The van der Waals surface area contributed by atoms with Crippen LogP contribution in [0.2, 0.25) is 0 Å². The van der Waals surface area contributed by atoms with Gasteiger partial charge in [0.25, 0.3) is 0 Å². The first-order valence-corrected chi connectivity index (χ1v) is 8.81. The van der Waals surface area contributed by atoms with Crippen LogP contribution in [-0.2, 0) is 4.79 Å². The molecule has 0 unspecified atom stereocenters. The largest absolute Gasteiger partial charge is 0.325 e. The summed E-state index contributed by atoms with van der Waals surface area (Å²) in [6.07, 6.45) is 3.45. The van der Waals surface area contributed by atoms with Crippen molar-refractivity contribution in [3.05, 3.63) is 71.8 Å². The minimum Gasteiger partial charge on any atom is -0.325 e. The molecule has 3 aromatic rings. The summed E-state index contributed by atoms with van der Waals surface area (Å²) in [6, 6.07) is 12.1. The quantitative estimate of drug-likeness (QED) is 0.692. The number of hydrogen-bond acceptors (Lipinski definition) is 3. The summed E-state index contributed by atoms with van der Waals surface area (Å²) in [4.78, 5) is 16.5. The molecule has 0 aliphatic heterocycles.